The van der Waals surface area contributed by atoms with E-state index in [4.69, 9.17) is 11.6 Å². The van der Waals surface area contributed by atoms with Crippen LogP contribution in [0.15, 0.2) is 186 Å². The first kappa shape index (κ1) is 73.1. The van der Waals surface area contributed by atoms with Crippen molar-refractivity contribution in [1.29, 1.82) is 0 Å². The van der Waals surface area contributed by atoms with Crippen LogP contribution in [0.2, 0.25) is 5.02 Å². The van der Waals surface area contributed by atoms with Gasteiger partial charge in [-0.25, -0.2) is 28.8 Å². The highest BCUT2D eigenvalue weighted by Gasteiger charge is 2.34. The summed E-state index contributed by atoms with van der Waals surface area (Å²) < 4.78 is 0. The van der Waals surface area contributed by atoms with Crippen LogP contribution in [0.25, 0.3) is 36.5 Å². The Morgan fingerprint density at radius 3 is 0.908 bits per heavy atom. The van der Waals surface area contributed by atoms with Gasteiger partial charge in [-0.3, -0.25) is 90.1 Å². The highest BCUT2D eigenvalue weighted by molar-refractivity contribution is 6.30. The van der Waals surface area contributed by atoms with Crippen LogP contribution in [0.5, 0.6) is 0 Å². The minimum Gasteiger partial charge on any atom is -0.292 e. The number of imide groups is 6. The van der Waals surface area contributed by atoms with Crippen LogP contribution in [-0.4, -0.2) is 143 Å². The lowest BCUT2D eigenvalue weighted by Crippen LogP contribution is -2.24. The van der Waals surface area contributed by atoms with Crippen molar-refractivity contribution in [2.24, 2.45) is 0 Å². The van der Waals surface area contributed by atoms with Gasteiger partial charge in [0, 0.05) is 47.3 Å². The van der Waals surface area contributed by atoms with Crippen molar-refractivity contribution in [2.45, 2.75) is 47.0 Å². The van der Waals surface area contributed by atoms with E-state index >= 15 is 0 Å². The third-order valence-corrected chi connectivity index (χ3v) is 15.5. The van der Waals surface area contributed by atoms with Crippen LogP contribution >= 0.6 is 11.6 Å². The molecule has 6 fully saturated rings. The smallest absolute Gasteiger partial charge is 0.292 e. The minimum atomic E-state index is -0.412. The topological polar surface area (TPSA) is 296 Å². The van der Waals surface area contributed by atoms with Crippen LogP contribution in [0.1, 0.15) is 76.4 Å². The molecule has 18 amide bonds. The molecule has 25 heteroatoms. The highest BCUT2D eigenvalue weighted by atomic mass is 35.5. The average molecular weight is 1350 g/mol. The molecule has 0 radical (unpaired) electrons. The van der Waals surface area contributed by atoms with Gasteiger partial charge in [0.2, 0.25) is 0 Å². The summed E-state index contributed by atoms with van der Waals surface area (Å²) >= 11 is 5.74. The molecule has 12 rings (SSSR count). The van der Waals surface area contributed by atoms with Gasteiger partial charge in [0.25, 0.3) is 35.4 Å². The van der Waals surface area contributed by atoms with Crippen LogP contribution < -0.4 is 31.9 Å². The van der Waals surface area contributed by atoms with Gasteiger partial charge < -0.3 is 0 Å². The fourth-order valence-corrected chi connectivity index (χ4v) is 9.44. The first-order valence-corrected chi connectivity index (χ1v) is 30.6. The lowest BCUT2D eigenvalue weighted by Gasteiger charge is -2.18. The van der Waals surface area contributed by atoms with E-state index in [0.29, 0.717) is 39.2 Å². The average Bonchev–Trinajstić information content (AvgIpc) is 1.63. The van der Waals surface area contributed by atoms with E-state index < -0.39 is 6.03 Å². The maximum Gasteiger partial charge on any atom is 0.328 e. The molecule has 0 aliphatic carbocycles. The Kier molecular flexibility index (Phi) is 24.0. The SMILES string of the molecule is CN1C(=O)NC(=O)/C1=C/c1ccc(C(C)(C)C)cc1.CN1C(=O)NC(=O)/C1=C/c1ccc(Cl)cc1.CN1C(=O)NC(=O)/C1=C/c1ccccc1.Cc1ccc(/C=C2/C(=O)NC(=O)N2C)cc1.Cc1cccc(/C=C2/C(=O)NC(=O)N2C)c1.Cc1ccccc1/C=C1/C(=O)NC(=O)N1C. The molecule has 0 aromatic heterocycles. The van der Waals surface area contributed by atoms with Crippen molar-refractivity contribution < 1.29 is 57.5 Å². The molecule has 6 saturated heterocycles. The fourth-order valence-electron chi connectivity index (χ4n) is 9.31. The van der Waals surface area contributed by atoms with E-state index in [9.17, 15) is 57.5 Å². The zero-order chi connectivity index (χ0) is 71.9. The molecule has 24 nitrogen and oxygen atoms in total. The molecular weight excluding hydrogens is 1270 g/mol. The zero-order valence-electron chi connectivity index (χ0n) is 55.9. The largest absolute Gasteiger partial charge is 0.328 e. The summed E-state index contributed by atoms with van der Waals surface area (Å²) in [6.45, 7) is 12.4. The van der Waals surface area contributed by atoms with Gasteiger partial charge >= 0.3 is 36.2 Å². The summed E-state index contributed by atoms with van der Waals surface area (Å²) in [6.07, 6.45) is 10.1. The second kappa shape index (κ2) is 32.2. The van der Waals surface area contributed by atoms with E-state index in [0.717, 1.165) is 50.1 Å². The van der Waals surface area contributed by atoms with Gasteiger partial charge in [-0.2, -0.15) is 0 Å². The predicted molar refractivity (Wildman–Crippen MR) is 372 cm³/mol. The van der Waals surface area contributed by atoms with Crippen molar-refractivity contribution in [3.8, 4) is 0 Å². The van der Waals surface area contributed by atoms with Crippen LogP contribution in [0.3, 0.4) is 0 Å². The Labute approximate surface area is 571 Å². The molecule has 6 N–H and O–H groups in total. The third kappa shape index (κ3) is 19.2. The van der Waals surface area contributed by atoms with Crippen molar-refractivity contribution in [3.05, 3.63) is 246 Å². The molecular formula is C73H73ClN12O12. The van der Waals surface area contributed by atoms with Crippen LogP contribution in [0.4, 0.5) is 28.8 Å². The lowest BCUT2D eigenvalue weighted by molar-refractivity contribution is -0.116. The third-order valence-electron chi connectivity index (χ3n) is 15.3. The van der Waals surface area contributed by atoms with E-state index in [1.807, 2.05) is 148 Å². The number of benzene rings is 6. The number of hydrogen-bond donors (Lipinski definition) is 6. The van der Waals surface area contributed by atoms with Gasteiger partial charge in [0.1, 0.15) is 34.2 Å². The number of amides is 18. The number of urea groups is 6. The number of carbonyl (C=O) groups excluding carboxylic acids is 12. The number of nitrogens with zero attached hydrogens (tertiary/aromatic N) is 6. The number of aryl methyl sites for hydroxylation is 3. The van der Waals surface area contributed by atoms with Crippen LogP contribution in [-0.2, 0) is 34.2 Å². The molecule has 0 spiro atoms. The normalized spacial score (nSPS) is 18.2. The Hall–Kier alpha value is -12.3. The summed E-state index contributed by atoms with van der Waals surface area (Å²) in [7, 11) is 9.40. The number of nitrogens with one attached hydrogen (secondary N) is 6. The second-order valence-electron chi connectivity index (χ2n) is 23.6. The molecule has 0 unspecified atom stereocenters. The lowest BCUT2D eigenvalue weighted by atomic mass is 9.87. The van der Waals surface area contributed by atoms with Crippen molar-refractivity contribution >= 4 is 120 Å². The Bertz CT molecular complexity index is 4270. The molecule has 6 heterocycles. The Morgan fingerprint density at radius 1 is 0.306 bits per heavy atom. The molecule has 0 atom stereocenters. The summed E-state index contributed by atoms with van der Waals surface area (Å²) in [5, 5.41) is 14.0. The summed E-state index contributed by atoms with van der Waals surface area (Å²) in [5.74, 6) is -2.15. The standard InChI is InChI=1S/C15H18N2O2.3C12H12N2O2.C11H9ClN2O2.C11H10N2O2/c1-15(2,3)11-7-5-10(6-8-11)9-12-13(18)16-14(19)17(12)4;1-8-3-5-9(6-4-8)7-10-11(15)13-12(16)14(10)2;1-8-4-3-5-9(6-8)7-10-11(15)13-12(16)14(10)2;1-8-5-3-4-6-9(8)7-10-11(15)13-12(16)14(10)2;1-14-9(10(15)13-11(14)16)6-7-2-4-8(12)5-3-7;1-13-9(10(14)12-11(13)15)7-8-5-3-2-4-6-8/h5-9H,1-4H3,(H,16,18,19);3*3-7H,1-2H3,(H,13,15,16);2-6H,1H3,(H,13,15,16);2-7H,1H3,(H,12,14,15)/b12-9-;3*10-7-;9-6-;9-7-. The molecule has 6 aromatic carbocycles. The fraction of sp³-hybridized carbons (Fsp3) is 0.178. The van der Waals surface area contributed by atoms with Crippen LogP contribution in [0, 0.1) is 20.8 Å². The quantitative estimate of drug-likeness (QED) is 0.0670. The van der Waals surface area contributed by atoms with Gasteiger partial charge in [-0.05, 0) is 119 Å². The second-order valence-corrected chi connectivity index (χ2v) is 24.0. The van der Waals surface area contributed by atoms with Gasteiger partial charge in [0.15, 0.2) is 0 Å². The van der Waals surface area contributed by atoms with Gasteiger partial charge in [-0.15, -0.1) is 0 Å². The van der Waals surface area contributed by atoms with Gasteiger partial charge in [-0.1, -0.05) is 183 Å². The van der Waals surface area contributed by atoms with Gasteiger partial charge in [0.05, 0.1) is 0 Å². The Morgan fingerprint density at radius 2 is 0.592 bits per heavy atom. The van der Waals surface area contributed by atoms with E-state index in [-0.39, 0.29) is 71.0 Å². The molecule has 0 bridgehead atoms. The van der Waals surface area contributed by atoms with Crippen molar-refractivity contribution in [3.63, 3.8) is 0 Å². The number of rotatable bonds is 6. The number of halogens is 1. The minimum absolute atomic E-state index is 0.100. The molecule has 504 valence electrons. The molecule has 6 aliphatic rings. The highest BCUT2D eigenvalue weighted by Crippen LogP contribution is 2.25. The van der Waals surface area contributed by atoms with E-state index in [1.54, 1.807) is 103 Å². The maximum absolute atomic E-state index is 11.6. The zero-order valence-corrected chi connectivity index (χ0v) is 56.6. The number of carbonyl (C=O) groups is 12. The first-order chi connectivity index (χ1) is 46.3. The van der Waals surface area contributed by atoms with E-state index in [2.05, 4.69) is 52.7 Å². The summed E-state index contributed by atoms with van der Waals surface area (Å²) in [6, 6.07) is 45.2. The Balaban J connectivity index is 0.000000166. The number of likely N-dealkylation sites (N-methyl/N-ethyl adjacent to an activating group) is 6. The molecule has 98 heavy (non-hydrogen) atoms. The monoisotopic (exact) mass is 1340 g/mol. The maximum atomic E-state index is 11.6. The van der Waals surface area contributed by atoms with E-state index in [1.165, 1.54) is 35.0 Å². The summed E-state index contributed by atoms with van der Waals surface area (Å²) in [5.41, 5.74) is 12.2. The number of hydrogen-bond acceptors (Lipinski definition) is 12. The predicted octanol–water partition coefficient (Wildman–Crippen LogP) is 10.1. The molecule has 0 saturated carbocycles. The summed E-state index contributed by atoms with van der Waals surface area (Å²) in [4.78, 5) is 144. The van der Waals surface area contributed by atoms with Crippen molar-refractivity contribution in [2.75, 3.05) is 42.3 Å². The molecule has 6 aliphatic heterocycles. The first-order valence-electron chi connectivity index (χ1n) is 30.2. The van der Waals surface area contributed by atoms with Crippen molar-refractivity contribution in [1.82, 2.24) is 61.3 Å². The molecule has 6 aromatic rings.